The number of methoxy groups -OCH3 is 1. The zero-order chi connectivity index (χ0) is 20.7. The Labute approximate surface area is 163 Å². The molecule has 2 aromatic carbocycles. The number of hydrogen-bond acceptors (Lipinski definition) is 6. The van der Waals surface area contributed by atoms with Crippen LogP contribution in [0.1, 0.15) is 36.7 Å². The summed E-state index contributed by atoms with van der Waals surface area (Å²) in [7, 11) is -2.41. The first-order valence-electron chi connectivity index (χ1n) is 8.71. The lowest BCUT2D eigenvalue weighted by Crippen LogP contribution is -2.24. The van der Waals surface area contributed by atoms with Crippen molar-refractivity contribution in [1.82, 2.24) is 0 Å². The van der Waals surface area contributed by atoms with Gasteiger partial charge in [-0.3, -0.25) is 0 Å². The molecule has 28 heavy (non-hydrogen) atoms. The predicted octanol–water partition coefficient (Wildman–Crippen LogP) is 3.91. The van der Waals surface area contributed by atoms with E-state index in [0.29, 0.717) is 17.9 Å². The Kier molecular flexibility index (Phi) is 5.10. The van der Waals surface area contributed by atoms with Crippen LogP contribution >= 0.6 is 0 Å². The number of carbonyl (C=O) groups is 1. The van der Waals surface area contributed by atoms with E-state index in [1.807, 2.05) is 13.8 Å². The highest BCUT2D eigenvalue weighted by atomic mass is 32.2. The van der Waals surface area contributed by atoms with Crippen LogP contribution in [-0.4, -0.2) is 32.9 Å². The van der Waals surface area contributed by atoms with Gasteiger partial charge >= 0.3 is 5.97 Å². The average Bonchev–Trinajstić information content (AvgIpc) is 2.95. The van der Waals surface area contributed by atoms with Crippen LogP contribution in [-0.2, 0) is 21.0 Å². The molecule has 1 aliphatic rings. The van der Waals surface area contributed by atoms with Crippen LogP contribution in [0, 0.1) is 5.82 Å². The van der Waals surface area contributed by atoms with Crippen LogP contribution < -0.4 is 9.47 Å². The second-order valence-corrected chi connectivity index (χ2v) is 9.33. The molecule has 6 nitrogen and oxygen atoms in total. The van der Waals surface area contributed by atoms with Crippen molar-refractivity contribution in [2.45, 2.75) is 37.7 Å². The van der Waals surface area contributed by atoms with E-state index in [4.69, 9.17) is 14.2 Å². The smallest absolute Gasteiger partial charge is 0.338 e. The maximum atomic E-state index is 14.3. The normalized spacial score (nSPS) is 14.9. The summed E-state index contributed by atoms with van der Waals surface area (Å²) in [5.74, 6) is -0.720. The summed E-state index contributed by atoms with van der Waals surface area (Å²) in [6.45, 7) is 5.25. The fourth-order valence-electron chi connectivity index (χ4n) is 3.05. The van der Waals surface area contributed by atoms with E-state index in [1.165, 1.54) is 32.2 Å². The van der Waals surface area contributed by atoms with Gasteiger partial charge in [0.05, 0.1) is 18.4 Å². The Bertz CT molecular complexity index is 1040. The number of carbonyl (C=O) groups excluding carboxylic acids is 1. The van der Waals surface area contributed by atoms with Crippen molar-refractivity contribution in [3.8, 4) is 17.2 Å². The molecular weight excluding hydrogens is 387 g/mol. The van der Waals surface area contributed by atoms with Crippen molar-refractivity contribution >= 4 is 15.8 Å². The van der Waals surface area contributed by atoms with E-state index in [1.54, 1.807) is 6.07 Å². The SMILES string of the molecule is CCS(=O)(=O)c1ccc(Oc2cc(C(=O)OC)cc3c2CC(C)(C)O3)cc1F. The van der Waals surface area contributed by atoms with Crippen molar-refractivity contribution in [2.75, 3.05) is 12.9 Å². The van der Waals surface area contributed by atoms with E-state index >= 15 is 0 Å². The highest BCUT2D eigenvalue weighted by molar-refractivity contribution is 7.91. The van der Waals surface area contributed by atoms with Crippen LogP contribution in [0.2, 0.25) is 0 Å². The molecule has 0 fully saturated rings. The van der Waals surface area contributed by atoms with E-state index < -0.39 is 27.2 Å². The van der Waals surface area contributed by atoms with Gasteiger partial charge in [0.15, 0.2) is 9.84 Å². The molecule has 1 aliphatic heterocycles. The molecule has 0 saturated carbocycles. The molecule has 0 unspecified atom stereocenters. The Morgan fingerprint density at radius 2 is 1.96 bits per heavy atom. The van der Waals surface area contributed by atoms with E-state index in [9.17, 15) is 17.6 Å². The van der Waals surface area contributed by atoms with Crippen molar-refractivity contribution in [3.63, 3.8) is 0 Å². The molecule has 2 aromatic rings. The molecule has 1 heterocycles. The third kappa shape index (κ3) is 3.82. The summed E-state index contributed by atoms with van der Waals surface area (Å²) in [6, 6.07) is 6.66. The lowest BCUT2D eigenvalue weighted by molar-refractivity contribution is 0.0599. The van der Waals surface area contributed by atoms with Gasteiger partial charge in [-0.1, -0.05) is 6.92 Å². The van der Waals surface area contributed by atoms with E-state index in [0.717, 1.165) is 11.6 Å². The van der Waals surface area contributed by atoms with Gasteiger partial charge in [-0.05, 0) is 38.1 Å². The number of sulfone groups is 1. The molecule has 3 rings (SSSR count). The van der Waals surface area contributed by atoms with Gasteiger partial charge in [0.2, 0.25) is 0 Å². The molecule has 0 radical (unpaired) electrons. The molecular formula is C20H21FO6S. The van der Waals surface area contributed by atoms with Crippen LogP contribution in [0.5, 0.6) is 17.2 Å². The van der Waals surface area contributed by atoms with Gasteiger partial charge in [0.25, 0.3) is 0 Å². The summed E-state index contributed by atoms with van der Waals surface area (Å²) in [6.07, 6.45) is 0.532. The minimum Gasteiger partial charge on any atom is -0.487 e. The average molecular weight is 408 g/mol. The third-order valence-electron chi connectivity index (χ3n) is 4.42. The van der Waals surface area contributed by atoms with Gasteiger partial charge in [-0.15, -0.1) is 0 Å². The van der Waals surface area contributed by atoms with Crippen LogP contribution in [0.25, 0.3) is 0 Å². The fourth-order valence-corrected chi connectivity index (χ4v) is 3.99. The number of halogens is 1. The lowest BCUT2D eigenvalue weighted by Gasteiger charge is -2.16. The van der Waals surface area contributed by atoms with Gasteiger partial charge < -0.3 is 14.2 Å². The Morgan fingerprint density at radius 1 is 1.25 bits per heavy atom. The number of esters is 1. The summed E-state index contributed by atoms with van der Waals surface area (Å²) in [4.78, 5) is 11.6. The van der Waals surface area contributed by atoms with Crippen molar-refractivity contribution in [1.29, 1.82) is 0 Å². The standard InChI is InChI=1S/C20H21FO6S/c1-5-28(23,24)18-7-6-13(10-15(18)21)26-16-8-12(19(22)25-4)9-17-14(16)11-20(2,3)27-17/h6-10H,5,11H2,1-4H3. The molecule has 0 atom stereocenters. The van der Waals surface area contributed by atoms with Gasteiger partial charge in [0.1, 0.15) is 33.6 Å². The summed E-state index contributed by atoms with van der Waals surface area (Å²) in [5, 5.41) is 0. The van der Waals surface area contributed by atoms with Crippen molar-refractivity contribution in [2.24, 2.45) is 0 Å². The predicted molar refractivity (Wildman–Crippen MR) is 100 cm³/mol. The summed E-state index contributed by atoms with van der Waals surface area (Å²) < 4.78 is 54.6. The second-order valence-electron chi connectivity index (χ2n) is 7.08. The number of fused-ring (bicyclic) bond motifs is 1. The topological polar surface area (TPSA) is 78.9 Å². The lowest BCUT2D eigenvalue weighted by atomic mass is 10.00. The molecule has 0 spiro atoms. The van der Waals surface area contributed by atoms with Crippen LogP contribution in [0.15, 0.2) is 35.2 Å². The zero-order valence-corrected chi connectivity index (χ0v) is 16.9. The first-order valence-corrected chi connectivity index (χ1v) is 10.4. The minimum absolute atomic E-state index is 0.112. The molecule has 0 saturated heterocycles. The van der Waals surface area contributed by atoms with Gasteiger partial charge in [-0.25, -0.2) is 17.6 Å². The number of hydrogen-bond donors (Lipinski definition) is 0. The fraction of sp³-hybridized carbons (Fsp3) is 0.350. The molecule has 150 valence electrons. The number of rotatable bonds is 5. The van der Waals surface area contributed by atoms with Gasteiger partial charge in [-0.2, -0.15) is 0 Å². The molecule has 0 aromatic heterocycles. The second kappa shape index (κ2) is 7.09. The highest BCUT2D eigenvalue weighted by Crippen LogP contribution is 2.43. The van der Waals surface area contributed by atoms with E-state index in [2.05, 4.69) is 0 Å². The van der Waals surface area contributed by atoms with Gasteiger partial charge in [0, 0.05) is 18.1 Å². The largest absolute Gasteiger partial charge is 0.487 e. The maximum absolute atomic E-state index is 14.3. The zero-order valence-electron chi connectivity index (χ0n) is 16.0. The molecule has 0 bridgehead atoms. The monoisotopic (exact) mass is 408 g/mol. The van der Waals surface area contributed by atoms with Crippen LogP contribution in [0.3, 0.4) is 0 Å². The van der Waals surface area contributed by atoms with Crippen molar-refractivity contribution < 1.29 is 31.8 Å². The number of benzene rings is 2. The summed E-state index contributed by atoms with van der Waals surface area (Å²) >= 11 is 0. The molecule has 8 heteroatoms. The first kappa shape index (κ1) is 20.1. The Morgan fingerprint density at radius 3 is 2.57 bits per heavy atom. The summed E-state index contributed by atoms with van der Waals surface area (Å²) in [5.41, 5.74) is 0.488. The highest BCUT2D eigenvalue weighted by Gasteiger charge is 2.34. The quantitative estimate of drug-likeness (QED) is 0.698. The maximum Gasteiger partial charge on any atom is 0.338 e. The third-order valence-corrected chi connectivity index (χ3v) is 6.19. The first-order chi connectivity index (χ1) is 13.1. The Hall–Kier alpha value is -2.61. The van der Waals surface area contributed by atoms with Crippen LogP contribution in [0.4, 0.5) is 4.39 Å². The number of ether oxygens (including phenoxy) is 3. The molecule has 0 N–H and O–H groups in total. The minimum atomic E-state index is -3.68. The molecule has 0 amide bonds. The Balaban J connectivity index is 2.02. The van der Waals surface area contributed by atoms with E-state index in [-0.39, 0.29) is 22.0 Å². The molecule has 0 aliphatic carbocycles. The van der Waals surface area contributed by atoms with Crippen molar-refractivity contribution in [3.05, 3.63) is 47.3 Å².